The SMILES string of the molecule is O=C(CC1C(=O)NCCN1Cc1ccc2ccccc2c1)NCc1ccc(Cl)cc1. The van der Waals surface area contributed by atoms with Crippen LogP contribution in [0.15, 0.2) is 66.7 Å². The number of carbonyl (C=O) groups excluding carboxylic acids is 2. The zero-order chi connectivity index (χ0) is 20.9. The van der Waals surface area contributed by atoms with Crippen LogP contribution in [0.25, 0.3) is 10.8 Å². The van der Waals surface area contributed by atoms with Gasteiger partial charge in [-0.2, -0.15) is 0 Å². The number of nitrogens with zero attached hydrogens (tertiary/aromatic N) is 1. The fraction of sp³-hybridized carbons (Fsp3) is 0.250. The van der Waals surface area contributed by atoms with Gasteiger partial charge in [-0.25, -0.2) is 0 Å². The van der Waals surface area contributed by atoms with Crippen molar-refractivity contribution in [1.82, 2.24) is 15.5 Å². The number of rotatable bonds is 6. The number of benzene rings is 3. The summed E-state index contributed by atoms with van der Waals surface area (Å²) in [5.41, 5.74) is 2.10. The second kappa shape index (κ2) is 9.28. The van der Waals surface area contributed by atoms with Crippen LogP contribution in [0.3, 0.4) is 0 Å². The van der Waals surface area contributed by atoms with Crippen molar-refractivity contribution in [2.75, 3.05) is 13.1 Å². The highest BCUT2D eigenvalue weighted by Gasteiger charge is 2.31. The molecule has 2 N–H and O–H groups in total. The van der Waals surface area contributed by atoms with E-state index in [1.165, 1.54) is 10.8 Å². The molecule has 1 saturated heterocycles. The lowest BCUT2D eigenvalue weighted by molar-refractivity contribution is -0.134. The van der Waals surface area contributed by atoms with Crippen molar-refractivity contribution in [3.05, 3.63) is 82.9 Å². The molecule has 3 aromatic rings. The minimum atomic E-state index is -0.476. The van der Waals surface area contributed by atoms with E-state index in [-0.39, 0.29) is 18.2 Å². The van der Waals surface area contributed by atoms with Gasteiger partial charge in [-0.15, -0.1) is 0 Å². The van der Waals surface area contributed by atoms with Gasteiger partial charge >= 0.3 is 0 Å². The van der Waals surface area contributed by atoms with E-state index in [2.05, 4.69) is 45.9 Å². The van der Waals surface area contributed by atoms with Gasteiger partial charge in [0.1, 0.15) is 0 Å². The molecule has 0 spiro atoms. The maximum Gasteiger partial charge on any atom is 0.237 e. The molecule has 30 heavy (non-hydrogen) atoms. The first-order valence-electron chi connectivity index (χ1n) is 10.1. The quantitative estimate of drug-likeness (QED) is 0.640. The van der Waals surface area contributed by atoms with Crippen LogP contribution < -0.4 is 10.6 Å². The molecule has 1 aliphatic rings. The van der Waals surface area contributed by atoms with Crippen LogP contribution in [-0.2, 0) is 22.7 Å². The van der Waals surface area contributed by atoms with Gasteiger partial charge < -0.3 is 10.6 Å². The van der Waals surface area contributed by atoms with Crippen LogP contribution in [0.5, 0.6) is 0 Å². The van der Waals surface area contributed by atoms with E-state index in [1.54, 1.807) is 12.1 Å². The highest BCUT2D eigenvalue weighted by molar-refractivity contribution is 6.30. The smallest absolute Gasteiger partial charge is 0.237 e. The molecule has 1 unspecified atom stereocenters. The lowest BCUT2D eigenvalue weighted by Gasteiger charge is -2.34. The van der Waals surface area contributed by atoms with E-state index in [0.29, 0.717) is 31.2 Å². The monoisotopic (exact) mass is 421 g/mol. The first-order chi connectivity index (χ1) is 14.6. The molecule has 6 heteroatoms. The van der Waals surface area contributed by atoms with Gasteiger partial charge in [-0.05, 0) is 40.1 Å². The lowest BCUT2D eigenvalue weighted by atomic mass is 10.0. The molecule has 1 aliphatic heterocycles. The summed E-state index contributed by atoms with van der Waals surface area (Å²) in [7, 11) is 0. The van der Waals surface area contributed by atoms with E-state index in [4.69, 9.17) is 11.6 Å². The van der Waals surface area contributed by atoms with Crippen molar-refractivity contribution in [2.45, 2.75) is 25.6 Å². The summed E-state index contributed by atoms with van der Waals surface area (Å²) in [6.07, 6.45) is 0.132. The summed E-state index contributed by atoms with van der Waals surface area (Å²) in [4.78, 5) is 27.1. The highest BCUT2D eigenvalue weighted by Crippen LogP contribution is 2.19. The average Bonchev–Trinajstić information content (AvgIpc) is 2.76. The van der Waals surface area contributed by atoms with Crippen LogP contribution in [0, 0.1) is 0 Å². The number of hydrogen-bond donors (Lipinski definition) is 2. The third-order valence-corrected chi connectivity index (χ3v) is 5.67. The standard InChI is InChI=1S/C24H24ClN3O2/c25-21-9-6-17(7-10-21)15-27-23(29)14-22-24(30)26-11-12-28(22)16-18-5-8-19-3-1-2-4-20(19)13-18/h1-10,13,22H,11-12,14-16H2,(H,26,30)(H,27,29). The van der Waals surface area contributed by atoms with Crippen LogP contribution in [-0.4, -0.2) is 35.8 Å². The Bertz CT molecular complexity index is 1050. The molecule has 5 nitrogen and oxygen atoms in total. The van der Waals surface area contributed by atoms with Gasteiger partial charge in [0.15, 0.2) is 0 Å². The fourth-order valence-corrected chi connectivity index (χ4v) is 3.92. The van der Waals surface area contributed by atoms with E-state index >= 15 is 0 Å². The molecular formula is C24H24ClN3O2. The minimum Gasteiger partial charge on any atom is -0.353 e. The zero-order valence-electron chi connectivity index (χ0n) is 16.6. The van der Waals surface area contributed by atoms with Gasteiger partial charge in [-0.3, -0.25) is 14.5 Å². The molecular weight excluding hydrogens is 398 g/mol. The number of amides is 2. The number of nitrogens with one attached hydrogen (secondary N) is 2. The number of fused-ring (bicyclic) bond motifs is 1. The summed E-state index contributed by atoms with van der Waals surface area (Å²) in [6, 6.07) is 21.4. The summed E-state index contributed by atoms with van der Waals surface area (Å²) < 4.78 is 0. The predicted molar refractivity (Wildman–Crippen MR) is 119 cm³/mol. The Hall–Kier alpha value is -2.89. The molecule has 1 heterocycles. The first-order valence-corrected chi connectivity index (χ1v) is 10.5. The van der Waals surface area contributed by atoms with E-state index in [9.17, 15) is 9.59 Å². The van der Waals surface area contributed by atoms with Crippen molar-refractivity contribution in [1.29, 1.82) is 0 Å². The second-order valence-corrected chi connectivity index (χ2v) is 8.00. The van der Waals surface area contributed by atoms with E-state index < -0.39 is 6.04 Å². The zero-order valence-corrected chi connectivity index (χ0v) is 17.4. The molecule has 1 fully saturated rings. The van der Waals surface area contributed by atoms with Crippen LogP contribution in [0.2, 0.25) is 5.02 Å². The van der Waals surface area contributed by atoms with Crippen molar-refractivity contribution in [3.8, 4) is 0 Å². The molecule has 4 rings (SSSR count). The topological polar surface area (TPSA) is 61.4 Å². The third kappa shape index (κ3) is 4.99. The van der Waals surface area contributed by atoms with Crippen molar-refractivity contribution < 1.29 is 9.59 Å². The first kappa shape index (κ1) is 20.4. The Morgan fingerprint density at radius 2 is 1.77 bits per heavy atom. The Morgan fingerprint density at radius 3 is 2.57 bits per heavy atom. The normalized spacial score (nSPS) is 17.0. The minimum absolute atomic E-state index is 0.0938. The molecule has 0 bridgehead atoms. The molecule has 0 radical (unpaired) electrons. The van der Waals surface area contributed by atoms with Gasteiger partial charge in [0.25, 0.3) is 0 Å². The summed E-state index contributed by atoms with van der Waals surface area (Å²) in [5, 5.41) is 8.82. The fourth-order valence-electron chi connectivity index (χ4n) is 3.80. The largest absolute Gasteiger partial charge is 0.353 e. The molecule has 3 aromatic carbocycles. The van der Waals surface area contributed by atoms with Gasteiger partial charge in [0.2, 0.25) is 11.8 Å². The third-order valence-electron chi connectivity index (χ3n) is 5.42. The van der Waals surface area contributed by atoms with Crippen molar-refractivity contribution >= 4 is 34.2 Å². The Morgan fingerprint density at radius 1 is 1.03 bits per heavy atom. The number of piperazine rings is 1. The lowest BCUT2D eigenvalue weighted by Crippen LogP contribution is -2.56. The summed E-state index contributed by atoms with van der Waals surface area (Å²) in [6.45, 7) is 2.35. The molecule has 0 aromatic heterocycles. The van der Waals surface area contributed by atoms with Gasteiger partial charge in [0.05, 0.1) is 12.5 Å². The molecule has 0 aliphatic carbocycles. The Kier molecular flexibility index (Phi) is 6.31. The van der Waals surface area contributed by atoms with Crippen molar-refractivity contribution in [2.24, 2.45) is 0 Å². The second-order valence-electron chi connectivity index (χ2n) is 7.57. The predicted octanol–water partition coefficient (Wildman–Crippen LogP) is 3.50. The summed E-state index contributed by atoms with van der Waals surface area (Å²) in [5.74, 6) is -0.237. The van der Waals surface area contributed by atoms with Gasteiger partial charge in [0, 0.05) is 31.2 Å². The Balaban J connectivity index is 1.40. The number of hydrogen-bond acceptors (Lipinski definition) is 3. The summed E-state index contributed by atoms with van der Waals surface area (Å²) >= 11 is 5.90. The molecule has 1 atom stereocenters. The van der Waals surface area contributed by atoms with Crippen molar-refractivity contribution in [3.63, 3.8) is 0 Å². The van der Waals surface area contributed by atoms with E-state index in [1.807, 2.05) is 24.3 Å². The maximum absolute atomic E-state index is 12.5. The van der Waals surface area contributed by atoms with Crippen LogP contribution >= 0.6 is 11.6 Å². The van der Waals surface area contributed by atoms with Crippen LogP contribution in [0.1, 0.15) is 17.5 Å². The highest BCUT2D eigenvalue weighted by atomic mass is 35.5. The molecule has 154 valence electrons. The molecule has 0 saturated carbocycles. The molecule has 2 amide bonds. The van der Waals surface area contributed by atoms with Gasteiger partial charge in [-0.1, -0.05) is 60.1 Å². The van der Waals surface area contributed by atoms with E-state index in [0.717, 1.165) is 11.1 Å². The number of carbonyl (C=O) groups is 2. The Labute approximate surface area is 181 Å². The number of halogens is 1. The maximum atomic E-state index is 12.5. The van der Waals surface area contributed by atoms with Crippen LogP contribution in [0.4, 0.5) is 0 Å². The average molecular weight is 422 g/mol.